The standard InChI is InChI=1S/C16H20F3N/c17-14-7-12-5-11(6-13(12)15(18)16(14)19)10-3-1-9(8-20)2-4-10/h7,9-11H,1-6,8,20H2. The van der Waals surface area contributed by atoms with Crippen LogP contribution in [-0.4, -0.2) is 6.54 Å². The topological polar surface area (TPSA) is 26.0 Å². The number of rotatable bonds is 2. The largest absolute Gasteiger partial charge is 0.330 e. The molecule has 1 nitrogen and oxygen atoms in total. The van der Waals surface area contributed by atoms with Gasteiger partial charge in [-0.25, -0.2) is 13.2 Å². The summed E-state index contributed by atoms with van der Waals surface area (Å²) < 4.78 is 40.4. The van der Waals surface area contributed by atoms with Gasteiger partial charge in [-0.15, -0.1) is 0 Å². The molecule has 0 amide bonds. The van der Waals surface area contributed by atoms with E-state index in [9.17, 15) is 13.2 Å². The summed E-state index contributed by atoms with van der Waals surface area (Å²) >= 11 is 0. The van der Waals surface area contributed by atoms with Gasteiger partial charge in [0.25, 0.3) is 0 Å². The molecule has 2 N–H and O–H groups in total. The van der Waals surface area contributed by atoms with Crippen molar-refractivity contribution < 1.29 is 13.2 Å². The van der Waals surface area contributed by atoms with E-state index in [1.54, 1.807) is 0 Å². The Bertz CT molecular complexity index is 507. The molecule has 1 atom stereocenters. The Kier molecular flexibility index (Phi) is 3.76. The molecule has 4 heteroatoms. The van der Waals surface area contributed by atoms with E-state index in [0.29, 0.717) is 41.7 Å². The highest BCUT2D eigenvalue weighted by Crippen LogP contribution is 2.41. The number of benzene rings is 1. The monoisotopic (exact) mass is 283 g/mol. The van der Waals surface area contributed by atoms with Gasteiger partial charge in [0.15, 0.2) is 17.5 Å². The van der Waals surface area contributed by atoms with Crippen LogP contribution < -0.4 is 5.73 Å². The molecule has 3 rings (SSSR count). The molecule has 1 fully saturated rings. The molecule has 2 aliphatic carbocycles. The van der Waals surface area contributed by atoms with Gasteiger partial charge in [-0.05, 0) is 80.0 Å². The summed E-state index contributed by atoms with van der Waals surface area (Å²) in [7, 11) is 0. The van der Waals surface area contributed by atoms with Crippen LogP contribution in [0.1, 0.15) is 36.8 Å². The van der Waals surface area contributed by atoms with Gasteiger partial charge in [-0.1, -0.05) is 0 Å². The van der Waals surface area contributed by atoms with E-state index in [4.69, 9.17) is 5.73 Å². The Morgan fingerprint density at radius 3 is 2.30 bits per heavy atom. The SMILES string of the molecule is NCC1CCC(C2Cc3cc(F)c(F)c(F)c3C2)CC1. The van der Waals surface area contributed by atoms with Gasteiger partial charge in [-0.3, -0.25) is 0 Å². The molecule has 1 aromatic rings. The maximum absolute atomic E-state index is 13.8. The molecule has 0 bridgehead atoms. The summed E-state index contributed by atoms with van der Waals surface area (Å²) in [5.74, 6) is -1.88. The van der Waals surface area contributed by atoms with Gasteiger partial charge in [0.05, 0.1) is 0 Å². The number of hydrogen-bond acceptors (Lipinski definition) is 1. The van der Waals surface area contributed by atoms with Crippen molar-refractivity contribution in [2.75, 3.05) is 6.54 Å². The van der Waals surface area contributed by atoms with Crippen LogP contribution in [0, 0.1) is 35.2 Å². The molecular weight excluding hydrogens is 263 g/mol. The van der Waals surface area contributed by atoms with Crippen LogP contribution in [0.25, 0.3) is 0 Å². The second kappa shape index (κ2) is 5.40. The van der Waals surface area contributed by atoms with E-state index < -0.39 is 17.5 Å². The molecule has 0 aliphatic heterocycles. The average molecular weight is 283 g/mol. The van der Waals surface area contributed by atoms with Crippen molar-refractivity contribution in [1.29, 1.82) is 0 Å². The van der Waals surface area contributed by atoms with E-state index in [-0.39, 0.29) is 0 Å². The van der Waals surface area contributed by atoms with E-state index in [1.165, 1.54) is 6.07 Å². The highest BCUT2D eigenvalue weighted by molar-refractivity contribution is 5.35. The minimum absolute atomic E-state index is 0.333. The molecule has 110 valence electrons. The fraction of sp³-hybridized carbons (Fsp3) is 0.625. The molecule has 0 radical (unpaired) electrons. The second-order valence-electron chi connectivity index (χ2n) is 6.31. The predicted molar refractivity (Wildman–Crippen MR) is 71.7 cm³/mol. The molecule has 0 spiro atoms. The molecule has 0 heterocycles. The van der Waals surface area contributed by atoms with Crippen LogP contribution in [-0.2, 0) is 12.8 Å². The van der Waals surface area contributed by atoms with E-state index in [2.05, 4.69) is 0 Å². The first-order valence-corrected chi connectivity index (χ1v) is 7.45. The highest BCUT2D eigenvalue weighted by atomic mass is 19.2. The molecule has 0 aromatic heterocycles. The first-order valence-electron chi connectivity index (χ1n) is 7.45. The van der Waals surface area contributed by atoms with Crippen molar-refractivity contribution in [2.45, 2.75) is 38.5 Å². The van der Waals surface area contributed by atoms with Crippen molar-refractivity contribution in [1.82, 2.24) is 0 Å². The molecule has 1 aromatic carbocycles. The third-order valence-corrected chi connectivity index (χ3v) is 5.20. The Morgan fingerprint density at radius 1 is 0.950 bits per heavy atom. The summed E-state index contributed by atoms with van der Waals surface area (Å²) in [6, 6.07) is 1.18. The predicted octanol–water partition coefficient (Wildman–Crippen LogP) is 3.58. The lowest BCUT2D eigenvalue weighted by molar-refractivity contribution is 0.211. The number of fused-ring (bicyclic) bond motifs is 1. The number of halogens is 3. The van der Waals surface area contributed by atoms with Crippen molar-refractivity contribution in [3.8, 4) is 0 Å². The zero-order chi connectivity index (χ0) is 14.3. The molecule has 2 aliphatic rings. The van der Waals surface area contributed by atoms with Crippen LogP contribution in [0.15, 0.2) is 6.07 Å². The fourth-order valence-electron chi connectivity index (χ4n) is 3.93. The lowest BCUT2D eigenvalue weighted by atomic mass is 9.75. The van der Waals surface area contributed by atoms with E-state index in [1.807, 2.05) is 0 Å². The third kappa shape index (κ3) is 2.34. The second-order valence-corrected chi connectivity index (χ2v) is 6.31. The van der Waals surface area contributed by atoms with Crippen LogP contribution in [0.3, 0.4) is 0 Å². The van der Waals surface area contributed by atoms with Crippen LogP contribution >= 0.6 is 0 Å². The first-order chi connectivity index (χ1) is 9.60. The summed E-state index contributed by atoms with van der Waals surface area (Å²) in [6.07, 6.45) is 5.69. The van der Waals surface area contributed by atoms with Gasteiger partial charge < -0.3 is 5.73 Å². The highest BCUT2D eigenvalue weighted by Gasteiger charge is 2.34. The summed E-state index contributed by atoms with van der Waals surface area (Å²) in [6.45, 7) is 0.739. The van der Waals surface area contributed by atoms with Crippen LogP contribution in [0.5, 0.6) is 0 Å². The molecular formula is C16H20F3N. The maximum atomic E-state index is 13.8. The molecule has 1 saturated carbocycles. The summed E-state index contributed by atoms with van der Waals surface area (Å²) in [4.78, 5) is 0. The number of nitrogens with two attached hydrogens (primary N) is 1. The van der Waals surface area contributed by atoms with Crippen molar-refractivity contribution in [3.63, 3.8) is 0 Å². The maximum Gasteiger partial charge on any atom is 0.194 e. The third-order valence-electron chi connectivity index (χ3n) is 5.20. The average Bonchev–Trinajstić information content (AvgIpc) is 2.89. The lowest BCUT2D eigenvalue weighted by Gasteiger charge is -2.31. The van der Waals surface area contributed by atoms with Crippen LogP contribution in [0.4, 0.5) is 13.2 Å². The van der Waals surface area contributed by atoms with Gasteiger partial charge in [-0.2, -0.15) is 0 Å². The lowest BCUT2D eigenvalue weighted by Crippen LogP contribution is -2.25. The smallest absolute Gasteiger partial charge is 0.194 e. The van der Waals surface area contributed by atoms with Gasteiger partial charge >= 0.3 is 0 Å². The molecule has 0 saturated heterocycles. The number of hydrogen-bond donors (Lipinski definition) is 1. The normalized spacial score (nSPS) is 29.5. The Morgan fingerprint density at radius 2 is 1.65 bits per heavy atom. The van der Waals surface area contributed by atoms with Gasteiger partial charge in [0, 0.05) is 0 Å². The Balaban J connectivity index is 1.73. The molecule has 1 unspecified atom stereocenters. The Hall–Kier alpha value is -1.03. The minimum Gasteiger partial charge on any atom is -0.330 e. The summed E-state index contributed by atoms with van der Waals surface area (Å²) in [5.41, 5.74) is 6.75. The summed E-state index contributed by atoms with van der Waals surface area (Å²) in [5, 5.41) is 0. The van der Waals surface area contributed by atoms with Crippen molar-refractivity contribution >= 4 is 0 Å². The van der Waals surface area contributed by atoms with Crippen molar-refractivity contribution in [2.24, 2.45) is 23.5 Å². The zero-order valence-corrected chi connectivity index (χ0v) is 11.5. The van der Waals surface area contributed by atoms with Gasteiger partial charge in [0.1, 0.15) is 0 Å². The van der Waals surface area contributed by atoms with E-state index >= 15 is 0 Å². The first kappa shape index (κ1) is 13.9. The minimum atomic E-state index is -1.32. The Labute approximate surface area is 117 Å². The van der Waals surface area contributed by atoms with Crippen molar-refractivity contribution in [3.05, 3.63) is 34.6 Å². The quantitative estimate of drug-likeness (QED) is 0.825. The zero-order valence-electron chi connectivity index (χ0n) is 11.5. The van der Waals surface area contributed by atoms with Gasteiger partial charge in [0.2, 0.25) is 0 Å². The molecule has 20 heavy (non-hydrogen) atoms. The fourth-order valence-corrected chi connectivity index (χ4v) is 3.93. The van der Waals surface area contributed by atoms with E-state index in [0.717, 1.165) is 32.2 Å². The van der Waals surface area contributed by atoms with Crippen LogP contribution in [0.2, 0.25) is 0 Å².